The van der Waals surface area contributed by atoms with Crippen molar-refractivity contribution in [2.24, 2.45) is 5.73 Å². The summed E-state index contributed by atoms with van der Waals surface area (Å²) in [7, 11) is 0. The first kappa shape index (κ1) is 13.6. The van der Waals surface area contributed by atoms with Crippen molar-refractivity contribution in [3.8, 4) is 11.1 Å². The number of nitrogens with zero attached hydrogens (tertiary/aromatic N) is 2. The minimum Gasteiger partial charge on any atom is -0.330 e. The van der Waals surface area contributed by atoms with Crippen molar-refractivity contribution < 1.29 is 13.2 Å². The summed E-state index contributed by atoms with van der Waals surface area (Å²) in [6, 6.07) is 5.49. The van der Waals surface area contributed by atoms with Crippen LogP contribution in [0.4, 0.5) is 13.2 Å². The Hall–Kier alpha value is -1.82. The van der Waals surface area contributed by atoms with Crippen molar-refractivity contribution in [3.63, 3.8) is 0 Å². The number of rotatable bonds is 4. The molecule has 2 rings (SSSR count). The van der Waals surface area contributed by atoms with Gasteiger partial charge in [0.2, 0.25) is 0 Å². The monoisotopic (exact) mass is 269 g/mol. The maximum absolute atomic E-state index is 12.9. The van der Waals surface area contributed by atoms with Crippen LogP contribution in [0, 0.1) is 0 Å². The summed E-state index contributed by atoms with van der Waals surface area (Å²) in [4.78, 5) is 0. The van der Waals surface area contributed by atoms with E-state index in [-0.39, 0.29) is 5.56 Å². The Labute approximate surface area is 108 Å². The minimum absolute atomic E-state index is 0.147. The normalized spacial score (nSPS) is 11.8. The van der Waals surface area contributed by atoms with E-state index in [4.69, 9.17) is 5.73 Å². The fourth-order valence-electron chi connectivity index (χ4n) is 1.86. The van der Waals surface area contributed by atoms with Crippen LogP contribution in [-0.4, -0.2) is 16.3 Å². The first-order valence-corrected chi connectivity index (χ1v) is 5.91. The number of hydrogen-bond acceptors (Lipinski definition) is 2. The fraction of sp³-hybridized carbons (Fsp3) is 0.308. The Kier molecular flexibility index (Phi) is 3.90. The van der Waals surface area contributed by atoms with Gasteiger partial charge in [-0.2, -0.15) is 18.3 Å². The van der Waals surface area contributed by atoms with E-state index in [9.17, 15) is 13.2 Å². The van der Waals surface area contributed by atoms with Crippen LogP contribution in [0.25, 0.3) is 11.1 Å². The fourth-order valence-corrected chi connectivity index (χ4v) is 1.86. The van der Waals surface area contributed by atoms with E-state index >= 15 is 0 Å². The molecule has 19 heavy (non-hydrogen) atoms. The summed E-state index contributed by atoms with van der Waals surface area (Å²) in [5, 5.41) is 4.05. The molecule has 0 unspecified atom stereocenters. The van der Waals surface area contributed by atoms with Crippen LogP contribution in [0.1, 0.15) is 12.0 Å². The third kappa shape index (κ3) is 3.14. The van der Waals surface area contributed by atoms with E-state index < -0.39 is 11.7 Å². The molecule has 1 aromatic heterocycles. The summed E-state index contributed by atoms with van der Waals surface area (Å²) in [5.41, 5.74) is 5.35. The van der Waals surface area contributed by atoms with E-state index in [2.05, 4.69) is 5.10 Å². The van der Waals surface area contributed by atoms with Gasteiger partial charge < -0.3 is 5.73 Å². The van der Waals surface area contributed by atoms with E-state index in [1.807, 2.05) is 0 Å². The van der Waals surface area contributed by atoms with Gasteiger partial charge in [0, 0.05) is 18.3 Å². The topological polar surface area (TPSA) is 43.8 Å². The number of nitrogens with two attached hydrogens (primary N) is 1. The molecule has 0 aliphatic heterocycles. The number of aryl methyl sites for hydroxylation is 1. The molecule has 102 valence electrons. The van der Waals surface area contributed by atoms with Crippen LogP contribution in [0.3, 0.4) is 0 Å². The molecule has 0 aliphatic rings. The molecule has 0 saturated carbocycles. The average molecular weight is 269 g/mol. The van der Waals surface area contributed by atoms with Gasteiger partial charge >= 0.3 is 6.18 Å². The molecule has 6 heteroatoms. The van der Waals surface area contributed by atoms with Gasteiger partial charge in [-0.1, -0.05) is 18.2 Å². The number of benzene rings is 1. The molecule has 1 heterocycles. The van der Waals surface area contributed by atoms with Gasteiger partial charge in [-0.25, -0.2) is 0 Å². The second-order valence-electron chi connectivity index (χ2n) is 4.18. The molecule has 3 nitrogen and oxygen atoms in total. The van der Waals surface area contributed by atoms with Crippen molar-refractivity contribution in [1.82, 2.24) is 9.78 Å². The zero-order valence-corrected chi connectivity index (χ0v) is 10.2. The third-order valence-corrected chi connectivity index (χ3v) is 2.77. The molecule has 0 amide bonds. The third-order valence-electron chi connectivity index (χ3n) is 2.77. The van der Waals surface area contributed by atoms with Crippen molar-refractivity contribution in [3.05, 3.63) is 42.2 Å². The summed E-state index contributed by atoms with van der Waals surface area (Å²) in [6.07, 6.45) is -0.570. The molecule has 0 fully saturated rings. The summed E-state index contributed by atoms with van der Waals surface area (Å²) in [5.74, 6) is 0. The van der Waals surface area contributed by atoms with Crippen molar-refractivity contribution in [2.45, 2.75) is 19.1 Å². The van der Waals surface area contributed by atoms with Crippen molar-refractivity contribution in [1.29, 1.82) is 0 Å². The van der Waals surface area contributed by atoms with Crippen molar-refractivity contribution in [2.75, 3.05) is 6.54 Å². The SMILES string of the molecule is NCCCn1cc(-c2ccccc2C(F)(F)F)cn1. The summed E-state index contributed by atoms with van der Waals surface area (Å²) < 4.78 is 40.3. The smallest absolute Gasteiger partial charge is 0.330 e. The highest BCUT2D eigenvalue weighted by Crippen LogP contribution is 2.36. The Morgan fingerprint density at radius 1 is 1.21 bits per heavy atom. The maximum Gasteiger partial charge on any atom is 0.417 e. The van der Waals surface area contributed by atoms with Crippen LogP contribution >= 0.6 is 0 Å². The number of aromatic nitrogens is 2. The molecule has 0 spiro atoms. The Morgan fingerprint density at radius 2 is 1.95 bits per heavy atom. The van der Waals surface area contributed by atoms with Crippen LogP contribution in [0.5, 0.6) is 0 Å². The molecule has 2 N–H and O–H groups in total. The lowest BCUT2D eigenvalue weighted by Gasteiger charge is -2.11. The zero-order chi connectivity index (χ0) is 13.9. The van der Waals surface area contributed by atoms with Gasteiger partial charge in [-0.05, 0) is 24.6 Å². The van der Waals surface area contributed by atoms with Gasteiger partial charge in [0.15, 0.2) is 0 Å². The van der Waals surface area contributed by atoms with Crippen molar-refractivity contribution >= 4 is 0 Å². The molecule has 0 atom stereocenters. The Bertz CT molecular complexity index is 546. The highest BCUT2D eigenvalue weighted by molar-refractivity contribution is 5.66. The first-order valence-electron chi connectivity index (χ1n) is 5.91. The predicted octanol–water partition coefficient (Wildman–Crippen LogP) is 2.92. The first-order chi connectivity index (χ1) is 9.02. The molecule has 0 radical (unpaired) electrons. The predicted molar refractivity (Wildman–Crippen MR) is 66.3 cm³/mol. The highest BCUT2D eigenvalue weighted by atomic mass is 19.4. The van der Waals surface area contributed by atoms with Crippen LogP contribution < -0.4 is 5.73 Å². The maximum atomic E-state index is 12.9. The van der Waals surface area contributed by atoms with E-state index in [0.29, 0.717) is 18.7 Å². The quantitative estimate of drug-likeness (QED) is 0.927. The second-order valence-corrected chi connectivity index (χ2v) is 4.18. The molecular formula is C13H14F3N3. The van der Waals surface area contributed by atoms with Crippen LogP contribution in [0.15, 0.2) is 36.7 Å². The lowest BCUT2D eigenvalue weighted by Crippen LogP contribution is -2.07. The largest absolute Gasteiger partial charge is 0.417 e. The Balaban J connectivity index is 2.34. The molecule has 2 aromatic rings. The highest BCUT2D eigenvalue weighted by Gasteiger charge is 2.33. The lowest BCUT2D eigenvalue weighted by atomic mass is 10.0. The van der Waals surface area contributed by atoms with Crippen LogP contribution in [0.2, 0.25) is 0 Å². The molecule has 1 aromatic carbocycles. The number of alkyl halides is 3. The van der Waals surface area contributed by atoms with Crippen LogP contribution in [-0.2, 0) is 12.7 Å². The second kappa shape index (κ2) is 5.44. The summed E-state index contributed by atoms with van der Waals surface area (Å²) in [6.45, 7) is 1.12. The Morgan fingerprint density at radius 3 is 2.63 bits per heavy atom. The lowest BCUT2D eigenvalue weighted by molar-refractivity contribution is -0.137. The van der Waals surface area contributed by atoms with E-state index in [1.54, 1.807) is 16.9 Å². The van der Waals surface area contributed by atoms with Gasteiger partial charge in [0.05, 0.1) is 11.8 Å². The van der Waals surface area contributed by atoms with E-state index in [1.165, 1.54) is 18.3 Å². The standard InChI is InChI=1S/C13H14F3N3/c14-13(15,16)12-5-2-1-4-11(12)10-8-18-19(9-10)7-3-6-17/h1-2,4-5,8-9H,3,6-7,17H2. The van der Waals surface area contributed by atoms with Gasteiger partial charge in [-0.3, -0.25) is 4.68 Å². The number of hydrogen-bond donors (Lipinski definition) is 1. The molecule has 0 bridgehead atoms. The number of halogens is 3. The van der Waals surface area contributed by atoms with Gasteiger partial charge in [0.1, 0.15) is 0 Å². The molecular weight excluding hydrogens is 255 g/mol. The zero-order valence-electron chi connectivity index (χ0n) is 10.2. The van der Waals surface area contributed by atoms with Gasteiger partial charge in [-0.15, -0.1) is 0 Å². The molecule has 0 aliphatic carbocycles. The minimum atomic E-state index is -4.37. The van der Waals surface area contributed by atoms with Gasteiger partial charge in [0.25, 0.3) is 0 Å². The molecule has 0 saturated heterocycles. The summed E-state index contributed by atoms with van der Waals surface area (Å²) >= 11 is 0. The van der Waals surface area contributed by atoms with E-state index in [0.717, 1.165) is 12.5 Å². The average Bonchev–Trinajstić information content (AvgIpc) is 2.84.